The molecule has 1 aromatic heterocycles. The number of anilines is 3. The third kappa shape index (κ3) is 7.80. The Bertz CT molecular complexity index is 1840. The van der Waals surface area contributed by atoms with Crippen molar-refractivity contribution >= 4 is 63.9 Å². The van der Waals surface area contributed by atoms with Crippen LogP contribution in [0.25, 0.3) is 5.69 Å². The number of hydrogen-bond donors (Lipinski definition) is 3. The van der Waals surface area contributed by atoms with Gasteiger partial charge in [0, 0.05) is 22.3 Å². The molecule has 0 saturated carbocycles. The highest BCUT2D eigenvalue weighted by Gasteiger charge is 2.28. The molecule has 4 N–H and O–H groups in total. The molecule has 0 aliphatic heterocycles. The molecule has 4 rings (SSSR count). The molecule has 4 aromatic rings. The van der Waals surface area contributed by atoms with Gasteiger partial charge in [-0.2, -0.15) is 0 Å². The van der Waals surface area contributed by atoms with Gasteiger partial charge in [-0.15, -0.1) is 0 Å². The maximum Gasteiger partial charge on any atom is 0.325 e. The van der Waals surface area contributed by atoms with Crippen molar-refractivity contribution in [1.29, 1.82) is 0 Å². The summed E-state index contributed by atoms with van der Waals surface area (Å²) < 4.78 is 7.35. The van der Waals surface area contributed by atoms with Gasteiger partial charge in [-0.1, -0.05) is 94.5 Å². The molecule has 3 amide bonds. The number of aromatic nitrogens is 2. The van der Waals surface area contributed by atoms with Gasteiger partial charge in [0.1, 0.15) is 17.3 Å². The van der Waals surface area contributed by atoms with Crippen molar-refractivity contribution in [2.75, 3.05) is 10.2 Å². The first-order valence-electron chi connectivity index (χ1n) is 15.3. The number of hydrogen-bond acceptors (Lipinski definition) is 4. The zero-order valence-corrected chi connectivity index (χ0v) is 29.8. The Morgan fingerprint density at radius 2 is 1.60 bits per heavy atom. The number of amides is 3. The van der Waals surface area contributed by atoms with Crippen LogP contribution in [0.15, 0.2) is 65.5 Å². The van der Waals surface area contributed by atoms with E-state index < -0.39 is 23.6 Å². The van der Waals surface area contributed by atoms with Crippen LogP contribution in [0.3, 0.4) is 0 Å². The lowest BCUT2D eigenvalue weighted by atomic mass is 9.76. The molecule has 0 radical (unpaired) electrons. The first kappa shape index (κ1) is 35.9. The lowest BCUT2D eigenvalue weighted by Crippen LogP contribution is -2.33. The summed E-state index contributed by atoms with van der Waals surface area (Å²) in [4.78, 5) is 40.1. The van der Waals surface area contributed by atoms with Crippen LogP contribution >= 0.6 is 34.8 Å². The number of carbonyl (C=O) groups is 2. The molecule has 12 heteroatoms. The van der Waals surface area contributed by atoms with Crippen LogP contribution in [0.5, 0.6) is 5.75 Å². The fourth-order valence-electron chi connectivity index (χ4n) is 4.99. The van der Waals surface area contributed by atoms with Gasteiger partial charge in [0.25, 0.3) is 11.5 Å². The molecule has 0 fully saturated rings. The Morgan fingerprint density at radius 1 is 0.957 bits per heavy atom. The van der Waals surface area contributed by atoms with E-state index in [2.05, 4.69) is 64.1 Å². The van der Waals surface area contributed by atoms with Crippen LogP contribution in [0.1, 0.15) is 72.4 Å². The van der Waals surface area contributed by atoms with Crippen LogP contribution in [-0.2, 0) is 15.6 Å². The highest BCUT2D eigenvalue weighted by atomic mass is 35.5. The molecule has 1 unspecified atom stereocenters. The van der Waals surface area contributed by atoms with Crippen molar-refractivity contribution < 1.29 is 14.3 Å². The second-order valence-corrected chi connectivity index (χ2v) is 13.9. The number of carbonyl (C=O) groups excluding carboxylic acids is 2. The van der Waals surface area contributed by atoms with Gasteiger partial charge in [-0.05, 0) is 72.6 Å². The summed E-state index contributed by atoms with van der Waals surface area (Å²) in [5.74, 6) is 0.307. The van der Waals surface area contributed by atoms with E-state index in [0.717, 1.165) is 28.0 Å². The highest BCUT2D eigenvalue weighted by Crippen LogP contribution is 2.39. The normalized spacial score (nSPS) is 12.5. The van der Waals surface area contributed by atoms with Crippen LogP contribution in [0.4, 0.5) is 22.0 Å². The van der Waals surface area contributed by atoms with E-state index in [1.54, 1.807) is 31.2 Å². The number of halogens is 3. The van der Waals surface area contributed by atoms with Crippen LogP contribution in [0.2, 0.25) is 15.1 Å². The van der Waals surface area contributed by atoms with Crippen molar-refractivity contribution in [3.05, 3.63) is 97.2 Å². The second kappa shape index (κ2) is 14.1. The lowest BCUT2D eigenvalue weighted by molar-refractivity contribution is -0.122. The van der Waals surface area contributed by atoms with E-state index in [-0.39, 0.29) is 38.1 Å². The number of ether oxygens (including phenoxy) is 1. The quantitative estimate of drug-likeness (QED) is 0.144. The Kier molecular flexibility index (Phi) is 10.7. The highest BCUT2D eigenvalue weighted by molar-refractivity contribution is 6.40. The summed E-state index contributed by atoms with van der Waals surface area (Å²) in [5, 5.41) is 6.23. The number of H-pyrrole nitrogens is 1. The summed E-state index contributed by atoms with van der Waals surface area (Å²) in [6.07, 6.45) is 1.02. The number of nitrogens with zero attached hydrogens (tertiary/aromatic N) is 2. The summed E-state index contributed by atoms with van der Waals surface area (Å²) in [6, 6.07) is 15.9. The first-order chi connectivity index (χ1) is 22.0. The molecule has 0 aliphatic rings. The van der Waals surface area contributed by atoms with Crippen molar-refractivity contribution in [2.24, 2.45) is 5.73 Å². The lowest BCUT2D eigenvalue weighted by Gasteiger charge is -2.31. The smallest absolute Gasteiger partial charge is 0.325 e. The average Bonchev–Trinajstić information content (AvgIpc) is 3.36. The molecule has 0 aliphatic carbocycles. The number of primary amides is 1. The summed E-state index contributed by atoms with van der Waals surface area (Å²) >= 11 is 18.7. The van der Waals surface area contributed by atoms with E-state index in [1.807, 2.05) is 6.07 Å². The van der Waals surface area contributed by atoms with Gasteiger partial charge < -0.3 is 15.8 Å². The Morgan fingerprint density at radius 3 is 2.19 bits per heavy atom. The maximum absolute atomic E-state index is 13.4. The maximum atomic E-state index is 13.4. The topological polar surface area (TPSA) is 122 Å². The van der Waals surface area contributed by atoms with Crippen molar-refractivity contribution in [1.82, 2.24) is 9.78 Å². The zero-order chi connectivity index (χ0) is 34.8. The minimum absolute atomic E-state index is 0.00448. The molecule has 1 heterocycles. The van der Waals surface area contributed by atoms with Gasteiger partial charge in [-0.3, -0.25) is 14.7 Å². The van der Waals surface area contributed by atoms with Gasteiger partial charge in [0.15, 0.2) is 6.10 Å². The number of nitrogens with one attached hydrogen (secondary N) is 2. The summed E-state index contributed by atoms with van der Waals surface area (Å²) in [6.45, 7) is 14.7. The third-order valence-corrected chi connectivity index (χ3v) is 9.47. The Balaban J connectivity index is 1.60. The fraction of sp³-hybridized carbons (Fsp3) is 0.343. The number of benzene rings is 3. The third-order valence-electron chi connectivity index (χ3n) is 8.68. The number of urea groups is 1. The standard InChI is InChI=1S/C35H40Cl3N5O4/c1-8-34(4,5)21-13-14-28(25(15-21)35(6,7)9-2)47-20(3)32(45)40-23-11-10-12-24(18-23)42(33(39)46)29-19-30(44)43(41-29)31-26(37)16-22(36)17-27(31)38/h10-20,41H,8-9H2,1-7H3,(H2,39,46)(H,40,45). The molecule has 47 heavy (non-hydrogen) atoms. The number of aromatic amines is 1. The van der Waals surface area contributed by atoms with Crippen LogP contribution < -0.4 is 26.2 Å². The molecule has 250 valence electrons. The Hall–Kier alpha value is -3.92. The molecule has 3 aromatic carbocycles. The average molecular weight is 701 g/mol. The van der Waals surface area contributed by atoms with Crippen molar-refractivity contribution in [2.45, 2.75) is 78.2 Å². The minimum atomic E-state index is -0.882. The van der Waals surface area contributed by atoms with E-state index in [0.29, 0.717) is 16.5 Å². The predicted molar refractivity (Wildman–Crippen MR) is 191 cm³/mol. The van der Waals surface area contributed by atoms with Crippen molar-refractivity contribution in [3.8, 4) is 11.4 Å². The molecule has 0 saturated heterocycles. The molecular weight excluding hydrogens is 661 g/mol. The Labute approximate surface area is 289 Å². The molecule has 1 atom stereocenters. The molecule has 0 bridgehead atoms. The molecular formula is C35H40Cl3N5O4. The van der Waals surface area contributed by atoms with Gasteiger partial charge in [-0.25, -0.2) is 14.4 Å². The SMILES string of the molecule is CCC(C)(C)c1ccc(OC(C)C(=O)Nc2cccc(N(C(N)=O)c3cc(=O)n(-c4c(Cl)cc(Cl)cc4Cl)[nH]3)c2)c(C(C)(C)CC)c1. The second-order valence-electron chi connectivity index (χ2n) is 12.7. The number of rotatable bonds is 11. The largest absolute Gasteiger partial charge is 0.481 e. The van der Waals surface area contributed by atoms with Crippen LogP contribution in [0, 0.1) is 0 Å². The van der Waals surface area contributed by atoms with Gasteiger partial charge in [0.2, 0.25) is 0 Å². The van der Waals surface area contributed by atoms with E-state index in [9.17, 15) is 14.4 Å². The first-order valence-corrected chi connectivity index (χ1v) is 16.4. The van der Waals surface area contributed by atoms with Gasteiger partial charge >= 0.3 is 6.03 Å². The summed E-state index contributed by atoms with van der Waals surface area (Å²) in [7, 11) is 0. The fourth-order valence-corrected chi connectivity index (χ4v) is 5.97. The minimum Gasteiger partial charge on any atom is -0.481 e. The van der Waals surface area contributed by atoms with E-state index in [4.69, 9.17) is 45.3 Å². The van der Waals surface area contributed by atoms with Gasteiger partial charge in [0.05, 0.1) is 15.7 Å². The number of nitrogens with two attached hydrogens (primary N) is 1. The van der Waals surface area contributed by atoms with E-state index in [1.165, 1.54) is 23.8 Å². The zero-order valence-electron chi connectivity index (χ0n) is 27.5. The predicted octanol–water partition coefficient (Wildman–Crippen LogP) is 9.12. The monoisotopic (exact) mass is 699 g/mol. The van der Waals surface area contributed by atoms with E-state index >= 15 is 0 Å². The summed E-state index contributed by atoms with van der Waals surface area (Å²) in [5.41, 5.74) is 8.09. The van der Waals surface area contributed by atoms with Crippen LogP contribution in [-0.4, -0.2) is 27.8 Å². The molecule has 0 spiro atoms. The molecule has 9 nitrogen and oxygen atoms in total. The van der Waals surface area contributed by atoms with Crippen molar-refractivity contribution in [3.63, 3.8) is 0 Å².